The van der Waals surface area contributed by atoms with Gasteiger partial charge >= 0.3 is 18.1 Å². The van der Waals surface area contributed by atoms with Crippen molar-refractivity contribution in [3.05, 3.63) is 65.2 Å². The van der Waals surface area contributed by atoms with E-state index in [-0.39, 0.29) is 11.9 Å². The van der Waals surface area contributed by atoms with Crippen LogP contribution in [0.1, 0.15) is 26.3 Å². The minimum atomic E-state index is -5.27. The Morgan fingerprint density at radius 3 is 2.23 bits per heavy atom. The highest BCUT2D eigenvalue weighted by Gasteiger charge is 2.45. The molecule has 0 saturated heterocycles. The summed E-state index contributed by atoms with van der Waals surface area (Å²) in [6.45, 7) is 0. The average Bonchev–Trinajstić information content (AvgIpc) is 2.66. The molecule has 0 heterocycles. The third-order valence-electron chi connectivity index (χ3n) is 3.69. The molecule has 7 nitrogen and oxygen atoms in total. The molecule has 1 unspecified atom stereocenters. The second-order valence-corrected chi connectivity index (χ2v) is 7.47. The zero-order valence-electron chi connectivity index (χ0n) is 15.1. The number of hydrogen-bond donors (Lipinski definition) is 1. The maximum absolute atomic E-state index is 13.0. The molecule has 2 aromatic rings. The summed E-state index contributed by atoms with van der Waals surface area (Å²) >= 11 is 0. The van der Waals surface area contributed by atoms with Crippen LogP contribution in [0, 0.1) is 0 Å². The summed E-state index contributed by atoms with van der Waals surface area (Å²) in [5.41, 5.74) is -0.0664. The molecule has 2 aromatic carbocycles. The predicted octanol–water partition coefficient (Wildman–Crippen LogP) is 2.55. The quantitative estimate of drug-likeness (QED) is 0.304. The van der Waals surface area contributed by atoms with Gasteiger partial charge in [0.15, 0.2) is 0 Å². The highest BCUT2D eigenvalue weighted by molar-refractivity contribution is 7.85. The first kappa shape index (κ1) is 23.4. The van der Waals surface area contributed by atoms with Crippen molar-refractivity contribution < 1.29 is 45.2 Å². The van der Waals surface area contributed by atoms with Crippen LogP contribution in [0.2, 0.25) is 0 Å². The molecule has 0 bridgehead atoms. The number of carbonyl (C=O) groups excluding carboxylic acids is 2. The number of hydrogen-bond acceptors (Lipinski definition) is 6. The van der Waals surface area contributed by atoms with Crippen molar-refractivity contribution in [3.8, 4) is 5.75 Å². The van der Waals surface area contributed by atoms with Gasteiger partial charge in [-0.2, -0.15) is 21.6 Å². The zero-order chi connectivity index (χ0) is 22.5. The van der Waals surface area contributed by atoms with Crippen LogP contribution >= 0.6 is 0 Å². The Morgan fingerprint density at radius 2 is 1.70 bits per heavy atom. The fourth-order valence-electron chi connectivity index (χ4n) is 2.26. The molecule has 0 aromatic heterocycles. The first-order valence-electron chi connectivity index (χ1n) is 8.24. The maximum Gasteiger partial charge on any atom is 0.426 e. The van der Waals surface area contributed by atoms with Crippen molar-refractivity contribution in [2.75, 3.05) is 5.75 Å². The third kappa shape index (κ3) is 6.60. The highest BCUT2D eigenvalue weighted by atomic mass is 32.2. The minimum absolute atomic E-state index is 0.0286. The first-order chi connectivity index (χ1) is 13.9. The average molecular weight is 442 g/mol. The van der Waals surface area contributed by atoms with E-state index >= 15 is 0 Å². The summed E-state index contributed by atoms with van der Waals surface area (Å²) in [6.07, 6.45) is -8.44. The van der Waals surface area contributed by atoms with Gasteiger partial charge in [-0.3, -0.25) is 4.55 Å². The van der Waals surface area contributed by atoms with Gasteiger partial charge in [-0.05, 0) is 24.3 Å². The van der Waals surface area contributed by atoms with Crippen LogP contribution in [0.15, 0.2) is 48.5 Å². The summed E-state index contributed by atoms with van der Waals surface area (Å²) < 4.78 is 78.8. The minimum Gasteiger partial charge on any atom is -0.448 e. The summed E-state index contributed by atoms with van der Waals surface area (Å²) in [4.78, 5) is 24.6. The maximum atomic E-state index is 13.0. The van der Waals surface area contributed by atoms with E-state index < -0.39 is 51.4 Å². The molecule has 0 saturated carbocycles. The predicted molar refractivity (Wildman–Crippen MR) is 99.0 cm³/mol. The number of rotatable bonds is 7. The molecule has 2 rings (SSSR count). The van der Waals surface area contributed by atoms with Crippen LogP contribution in [0.25, 0.3) is 0 Å². The summed E-state index contributed by atoms with van der Waals surface area (Å²) in [5, 5.41) is 0. The highest BCUT2D eigenvalue weighted by Crippen LogP contribution is 2.28. The molecule has 0 amide bonds. The SMILES string of the molecule is [B]Cc1ccc(C(=O)OC(CS(=O)(=O)O)C(F)(F)F)c(OC(=O)c2ccccc2)c1. The molecule has 0 aliphatic carbocycles. The number of ether oxygens (including phenoxy) is 2. The number of alkyl halides is 3. The zero-order valence-corrected chi connectivity index (χ0v) is 15.9. The molecule has 0 spiro atoms. The largest absolute Gasteiger partial charge is 0.448 e. The van der Waals surface area contributed by atoms with Crippen LogP contribution in [-0.2, 0) is 21.2 Å². The molecule has 1 N–H and O–H groups in total. The molecule has 0 aliphatic rings. The number of benzene rings is 2. The van der Waals surface area contributed by atoms with Crippen molar-refractivity contribution in [1.29, 1.82) is 0 Å². The molecule has 30 heavy (non-hydrogen) atoms. The molecular weight excluding hydrogens is 428 g/mol. The van der Waals surface area contributed by atoms with E-state index in [1.165, 1.54) is 24.3 Å². The van der Waals surface area contributed by atoms with Crippen molar-refractivity contribution in [3.63, 3.8) is 0 Å². The normalized spacial score (nSPS) is 12.8. The van der Waals surface area contributed by atoms with Gasteiger partial charge in [0.05, 0.1) is 13.4 Å². The lowest BCUT2D eigenvalue weighted by Crippen LogP contribution is -2.39. The topological polar surface area (TPSA) is 107 Å². The second kappa shape index (κ2) is 9.31. The van der Waals surface area contributed by atoms with Crippen molar-refractivity contribution in [2.45, 2.75) is 18.6 Å². The van der Waals surface area contributed by atoms with Gasteiger partial charge in [-0.1, -0.05) is 36.1 Å². The van der Waals surface area contributed by atoms with E-state index in [4.69, 9.17) is 17.1 Å². The van der Waals surface area contributed by atoms with Crippen LogP contribution in [-0.4, -0.2) is 50.8 Å². The van der Waals surface area contributed by atoms with Crippen molar-refractivity contribution in [1.82, 2.24) is 0 Å². The van der Waals surface area contributed by atoms with E-state index in [0.717, 1.165) is 6.07 Å². The van der Waals surface area contributed by atoms with E-state index in [1.54, 1.807) is 18.2 Å². The standard InChI is InChI=1S/C18H14BF3O7S/c19-9-11-6-7-13(14(8-11)28-16(23)12-4-2-1-3-5-12)17(24)29-15(18(20,21)22)10-30(25,26)27/h1-8,15H,9-10H2,(H,25,26,27). The Balaban J connectivity index is 2.35. The third-order valence-corrected chi connectivity index (χ3v) is 4.41. The van der Waals surface area contributed by atoms with Gasteiger partial charge in [-0.25, -0.2) is 9.59 Å². The molecule has 2 radical (unpaired) electrons. The summed E-state index contributed by atoms with van der Waals surface area (Å²) in [6, 6.07) is 11.1. The Kier molecular flexibility index (Phi) is 7.27. The Morgan fingerprint density at radius 1 is 1.07 bits per heavy atom. The van der Waals surface area contributed by atoms with E-state index in [9.17, 15) is 31.2 Å². The molecule has 158 valence electrons. The van der Waals surface area contributed by atoms with Gasteiger partial charge < -0.3 is 9.47 Å². The number of halogens is 3. The summed E-state index contributed by atoms with van der Waals surface area (Å²) in [5.74, 6) is -4.82. The van der Waals surface area contributed by atoms with Gasteiger partial charge in [0.2, 0.25) is 6.10 Å². The van der Waals surface area contributed by atoms with Gasteiger partial charge in [-0.15, -0.1) is 0 Å². The Hall–Kier alpha value is -2.86. The molecule has 1 atom stereocenters. The van der Waals surface area contributed by atoms with Crippen molar-refractivity contribution in [2.24, 2.45) is 0 Å². The van der Waals surface area contributed by atoms with Crippen molar-refractivity contribution >= 4 is 29.9 Å². The molecule has 12 heteroatoms. The number of esters is 2. The molecule has 0 fully saturated rings. The van der Waals surface area contributed by atoms with Gasteiger partial charge in [0.25, 0.3) is 10.1 Å². The van der Waals surface area contributed by atoms with Gasteiger partial charge in [0.1, 0.15) is 17.1 Å². The fraction of sp³-hybridized carbons (Fsp3) is 0.222. The second-order valence-electron chi connectivity index (χ2n) is 5.97. The van der Waals surface area contributed by atoms with Gasteiger partial charge in [0, 0.05) is 0 Å². The monoisotopic (exact) mass is 442 g/mol. The Bertz CT molecular complexity index is 1020. The van der Waals surface area contributed by atoms with Crippen LogP contribution in [0.5, 0.6) is 5.75 Å². The fourth-order valence-corrected chi connectivity index (χ4v) is 2.90. The van der Waals surface area contributed by atoms with Crippen LogP contribution in [0.3, 0.4) is 0 Å². The first-order valence-corrected chi connectivity index (χ1v) is 9.84. The lowest BCUT2D eigenvalue weighted by molar-refractivity contribution is -0.197. The summed E-state index contributed by atoms with van der Waals surface area (Å²) in [7, 11) is 0.385. The number of carbonyl (C=O) groups is 2. The smallest absolute Gasteiger partial charge is 0.426 e. The van der Waals surface area contributed by atoms with Crippen LogP contribution in [0.4, 0.5) is 13.2 Å². The van der Waals surface area contributed by atoms with E-state index in [2.05, 4.69) is 4.74 Å². The molecular formula is C18H14BF3O7S. The lowest BCUT2D eigenvalue weighted by atomic mass is 9.96. The lowest BCUT2D eigenvalue weighted by Gasteiger charge is -2.20. The van der Waals surface area contributed by atoms with E-state index in [1.807, 2.05) is 0 Å². The van der Waals surface area contributed by atoms with Crippen LogP contribution < -0.4 is 4.74 Å². The Labute approximate surface area is 171 Å². The van der Waals surface area contributed by atoms with E-state index in [0.29, 0.717) is 5.56 Å². The molecule has 0 aliphatic heterocycles.